The average molecular weight is 267 g/mol. The zero-order chi connectivity index (χ0) is 13.8. The Kier molecular flexibility index (Phi) is 5.40. The van der Waals surface area contributed by atoms with Crippen LogP contribution in [0.1, 0.15) is 25.7 Å². The fourth-order valence-corrected chi connectivity index (χ4v) is 2.29. The van der Waals surface area contributed by atoms with Crippen molar-refractivity contribution in [2.24, 2.45) is 5.73 Å². The van der Waals surface area contributed by atoms with Crippen molar-refractivity contribution in [1.29, 1.82) is 0 Å². The standard InChI is InChI=1S/C11H20F3N3O/c1-17(9-5-3-2-4-8(9)15)6-10(18)16-7-11(12,13)14/h8-9H,2-7,15H2,1H3,(H,16,18). The monoisotopic (exact) mass is 267 g/mol. The molecule has 0 saturated heterocycles. The Labute approximate surface area is 105 Å². The molecule has 0 spiro atoms. The maximum Gasteiger partial charge on any atom is 0.405 e. The van der Waals surface area contributed by atoms with E-state index in [0.717, 1.165) is 25.7 Å². The molecule has 2 atom stereocenters. The van der Waals surface area contributed by atoms with E-state index in [0.29, 0.717) is 0 Å². The van der Waals surface area contributed by atoms with Crippen LogP contribution in [0.25, 0.3) is 0 Å². The van der Waals surface area contributed by atoms with Crippen molar-refractivity contribution in [1.82, 2.24) is 10.2 Å². The second kappa shape index (κ2) is 6.38. The molecular formula is C11H20F3N3O. The van der Waals surface area contributed by atoms with Crippen molar-refractivity contribution >= 4 is 5.91 Å². The molecule has 0 heterocycles. The fourth-order valence-electron chi connectivity index (χ4n) is 2.29. The Bertz CT molecular complexity index is 283. The predicted octanol–water partition coefficient (Wildman–Crippen LogP) is 0.867. The van der Waals surface area contributed by atoms with Crippen LogP contribution < -0.4 is 11.1 Å². The van der Waals surface area contributed by atoms with Gasteiger partial charge < -0.3 is 11.1 Å². The van der Waals surface area contributed by atoms with Gasteiger partial charge in [0.25, 0.3) is 0 Å². The Hall–Kier alpha value is -0.820. The summed E-state index contributed by atoms with van der Waals surface area (Å²) in [5, 5.41) is 1.86. The van der Waals surface area contributed by atoms with Gasteiger partial charge in [0, 0.05) is 12.1 Å². The van der Waals surface area contributed by atoms with Crippen molar-refractivity contribution in [2.45, 2.75) is 43.9 Å². The van der Waals surface area contributed by atoms with Crippen LogP contribution in [0.3, 0.4) is 0 Å². The highest BCUT2D eigenvalue weighted by molar-refractivity contribution is 5.78. The Morgan fingerprint density at radius 2 is 2.00 bits per heavy atom. The third-order valence-electron chi connectivity index (χ3n) is 3.23. The minimum atomic E-state index is -4.37. The number of rotatable bonds is 4. The average Bonchev–Trinajstić information content (AvgIpc) is 2.26. The minimum absolute atomic E-state index is 0.000772. The van der Waals surface area contributed by atoms with Gasteiger partial charge >= 0.3 is 6.18 Å². The lowest BCUT2D eigenvalue weighted by atomic mass is 9.90. The molecule has 0 bridgehead atoms. The van der Waals surface area contributed by atoms with Crippen LogP contribution in [0.15, 0.2) is 0 Å². The quantitative estimate of drug-likeness (QED) is 0.794. The topological polar surface area (TPSA) is 58.4 Å². The number of nitrogens with one attached hydrogen (secondary N) is 1. The molecule has 1 amide bonds. The van der Waals surface area contributed by atoms with Gasteiger partial charge in [-0.3, -0.25) is 9.69 Å². The first kappa shape index (κ1) is 15.2. The second-order valence-corrected chi connectivity index (χ2v) is 4.82. The molecule has 1 aliphatic carbocycles. The number of carbonyl (C=O) groups is 1. The summed E-state index contributed by atoms with van der Waals surface area (Å²) in [6.07, 6.45) is -0.447. The van der Waals surface area contributed by atoms with Gasteiger partial charge in [-0.05, 0) is 19.9 Å². The summed E-state index contributed by atoms with van der Waals surface area (Å²) in [5.41, 5.74) is 5.95. The minimum Gasteiger partial charge on any atom is -0.346 e. The molecular weight excluding hydrogens is 247 g/mol. The lowest BCUT2D eigenvalue weighted by Gasteiger charge is -2.35. The van der Waals surface area contributed by atoms with Gasteiger partial charge in [-0.2, -0.15) is 13.2 Å². The van der Waals surface area contributed by atoms with Crippen LogP contribution in [0.5, 0.6) is 0 Å². The van der Waals surface area contributed by atoms with Crippen LogP contribution in [0, 0.1) is 0 Å². The molecule has 2 unspecified atom stereocenters. The maximum atomic E-state index is 11.9. The Morgan fingerprint density at radius 1 is 1.39 bits per heavy atom. The maximum absolute atomic E-state index is 11.9. The molecule has 1 rings (SSSR count). The van der Waals surface area contributed by atoms with Gasteiger partial charge in [0.05, 0.1) is 6.54 Å². The molecule has 1 fully saturated rings. The first-order chi connectivity index (χ1) is 8.29. The zero-order valence-corrected chi connectivity index (χ0v) is 10.5. The molecule has 0 aliphatic heterocycles. The number of likely N-dealkylation sites (N-methyl/N-ethyl adjacent to an activating group) is 1. The van der Waals surface area contributed by atoms with Crippen molar-refractivity contribution < 1.29 is 18.0 Å². The van der Waals surface area contributed by atoms with Gasteiger partial charge in [-0.15, -0.1) is 0 Å². The summed E-state index contributed by atoms with van der Waals surface area (Å²) in [6.45, 7) is -1.33. The molecule has 3 N–H and O–H groups in total. The normalized spacial score (nSPS) is 25.2. The largest absolute Gasteiger partial charge is 0.405 e. The van der Waals surface area contributed by atoms with E-state index in [4.69, 9.17) is 5.73 Å². The molecule has 0 aromatic carbocycles. The van der Waals surface area contributed by atoms with E-state index in [-0.39, 0.29) is 18.6 Å². The van der Waals surface area contributed by atoms with E-state index in [1.807, 2.05) is 5.32 Å². The number of carbonyl (C=O) groups excluding carboxylic acids is 1. The number of amides is 1. The first-order valence-electron chi connectivity index (χ1n) is 6.09. The number of nitrogens with two attached hydrogens (primary N) is 1. The molecule has 0 aromatic rings. The fraction of sp³-hybridized carbons (Fsp3) is 0.909. The van der Waals surface area contributed by atoms with Gasteiger partial charge in [0.1, 0.15) is 6.54 Å². The third-order valence-corrected chi connectivity index (χ3v) is 3.23. The molecule has 7 heteroatoms. The Morgan fingerprint density at radius 3 is 2.56 bits per heavy atom. The molecule has 106 valence electrons. The molecule has 1 aliphatic rings. The molecule has 0 radical (unpaired) electrons. The Balaban J connectivity index is 2.34. The molecule has 0 aromatic heterocycles. The van der Waals surface area contributed by atoms with Crippen LogP contribution in [0.2, 0.25) is 0 Å². The number of alkyl halides is 3. The molecule has 1 saturated carbocycles. The van der Waals surface area contributed by atoms with E-state index < -0.39 is 18.6 Å². The highest BCUT2D eigenvalue weighted by Gasteiger charge is 2.29. The van der Waals surface area contributed by atoms with E-state index in [9.17, 15) is 18.0 Å². The summed E-state index contributed by atoms with van der Waals surface area (Å²) in [6, 6.07) is 0.0783. The highest BCUT2D eigenvalue weighted by atomic mass is 19.4. The van der Waals surface area contributed by atoms with Gasteiger partial charge in [0.15, 0.2) is 0 Å². The van der Waals surface area contributed by atoms with E-state index in [1.54, 1.807) is 11.9 Å². The molecule has 4 nitrogen and oxygen atoms in total. The van der Waals surface area contributed by atoms with Gasteiger partial charge in [0.2, 0.25) is 5.91 Å². The van der Waals surface area contributed by atoms with Crippen LogP contribution in [-0.4, -0.2) is 49.2 Å². The number of hydrogen-bond donors (Lipinski definition) is 2. The first-order valence-corrected chi connectivity index (χ1v) is 6.09. The lowest BCUT2D eigenvalue weighted by Crippen LogP contribution is -2.51. The summed E-state index contributed by atoms with van der Waals surface area (Å²) in [4.78, 5) is 13.1. The summed E-state index contributed by atoms with van der Waals surface area (Å²) >= 11 is 0. The van der Waals surface area contributed by atoms with Crippen LogP contribution in [-0.2, 0) is 4.79 Å². The lowest BCUT2D eigenvalue weighted by molar-refractivity contribution is -0.139. The van der Waals surface area contributed by atoms with Gasteiger partial charge in [-0.25, -0.2) is 0 Å². The zero-order valence-electron chi connectivity index (χ0n) is 10.5. The third kappa shape index (κ3) is 5.22. The summed E-state index contributed by atoms with van der Waals surface area (Å²) in [7, 11) is 1.73. The van der Waals surface area contributed by atoms with Crippen LogP contribution >= 0.6 is 0 Å². The number of hydrogen-bond acceptors (Lipinski definition) is 3. The SMILES string of the molecule is CN(CC(=O)NCC(F)(F)F)C1CCCCC1N. The summed E-state index contributed by atoms with van der Waals surface area (Å²) < 4.78 is 35.8. The van der Waals surface area contributed by atoms with Crippen molar-refractivity contribution in [3.8, 4) is 0 Å². The second-order valence-electron chi connectivity index (χ2n) is 4.82. The van der Waals surface area contributed by atoms with Crippen LogP contribution in [0.4, 0.5) is 13.2 Å². The van der Waals surface area contributed by atoms with E-state index in [1.165, 1.54) is 0 Å². The van der Waals surface area contributed by atoms with E-state index >= 15 is 0 Å². The number of nitrogens with zero attached hydrogens (tertiary/aromatic N) is 1. The van der Waals surface area contributed by atoms with E-state index in [2.05, 4.69) is 0 Å². The highest BCUT2D eigenvalue weighted by Crippen LogP contribution is 2.20. The van der Waals surface area contributed by atoms with Crippen molar-refractivity contribution in [2.75, 3.05) is 20.1 Å². The van der Waals surface area contributed by atoms with Crippen molar-refractivity contribution in [3.05, 3.63) is 0 Å². The van der Waals surface area contributed by atoms with Gasteiger partial charge in [-0.1, -0.05) is 12.8 Å². The van der Waals surface area contributed by atoms with Crippen molar-refractivity contribution in [3.63, 3.8) is 0 Å². The molecule has 18 heavy (non-hydrogen) atoms. The number of halogens is 3. The predicted molar refractivity (Wildman–Crippen MR) is 61.9 cm³/mol. The summed E-state index contributed by atoms with van der Waals surface area (Å²) in [5.74, 6) is -0.618. The smallest absolute Gasteiger partial charge is 0.346 e.